The quantitative estimate of drug-likeness (QED) is 0.610. The number of benzene rings is 3. The van der Waals surface area contributed by atoms with E-state index in [1.54, 1.807) is 24.3 Å². The van der Waals surface area contributed by atoms with E-state index in [-0.39, 0.29) is 5.75 Å². The van der Waals surface area contributed by atoms with E-state index in [0.29, 0.717) is 17.0 Å². The summed E-state index contributed by atoms with van der Waals surface area (Å²) in [6, 6.07) is 23.4. The zero-order chi connectivity index (χ0) is 18.4. The fourth-order valence-electron chi connectivity index (χ4n) is 2.23. The van der Waals surface area contributed by atoms with Gasteiger partial charge in [0.1, 0.15) is 17.2 Å². The number of halogens is 3. The molecule has 0 fully saturated rings. The van der Waals surface area contributed by atoms with E-state index in [0.717, 1.165) is 0 Å². The van der Waals surface area contributed by atoms with Crippen LogP contribution >= 0.6 is 0 Å². The molecule has 132 valence electrons. The summed E-state index contributed by atoms with van der Waals surface area (Å²) in [5, 5.41) is 0. The monoisotopic (exact) mass is 358 g/mol. The van der Waals surface area contributed by atoms with Crippen molar-refractivity contribution >= 4 is 12.6 Å². The van der Waals surface area contributed by atoms with Crippen molar-refractivity contribution in [3.63, 3.8) is 0 Å². The van der Waals surface area contributed by atoms with Crippen LogP contribution in [-0.2, 0) is 0 Å². The number of hydrogen-bond acceptors (Lipinski definition) is 3. The number of alkyl halides is 3. The third kappa shape index (κ3) is 5.21. The number of para-hydroxylation sites is 2. The molecule has 0 saturated heterocycles. The minimum absolute atomic E-state index is 0.306. The summed E-state index contributed by atoms with van der Waals surface area (Å²) in [5.41, 5.74) is 0.548. The molecule has 0 aromatic heterocycles. The molecule has 3 rings (SSSR count). The van der Waals surface area contributed by atoms with Gasteiger partial charge in [0.25, 0.3) is 0 Å². The summed E-state index contributed by atoms with van der Waals surface area (Å²) < 4.78 is 52.5. The fraction of sp³-hybridized carbons (Fsp3) is 0.0526. The Balaban J connectivity index is 1.82. The highest BCUT2D eigenvalue weighted by Gasteiger charge is 2.32. The molecular formula is C19H14BF3O3. The Morgan fingerprint density at radius 2 is 1.04 bits per heavy atom. The summed E-state index contributed by atoms with van der Waals surface area (Å²) >= 11 is 0. The second-order valence-electron chi connectivity index (χ2n) is 5.31. The summed E-state index contributed by atoms with van der Waals surface area (Å²) in [6.45, 7) is 0. The van der Waals surface area contributed by atoms with Crippen LogP contribution in [0.4, 0.5) is 13.2 Å². The van der Waals surface area contributed by atoms with Crippen molar-refractivity contribution in [3.8, 4) is 17.2 Å². The van der Waals surface area contributed by atoms with E-state index in [1.165, 1.54) is 24.3 Å². The van der Waals surface area contributed by atoms with Crippen LogP contribution < -0.4 is 19.5 Å². The smallest absolute Gasteiger partial charge is 0.522 e. The number of rotatable bonds is 6. The molecule has 0 radical (unpaired) electrons. The van der Waals surface area contributed by atoms with E-state index in [9.17, 15) is 13.2 Å². The number of hydrogen-bond donors (Lipinski definition) is 0. The maximum Gasteiger partial charge on any atom is 0.632 e. The summed E-state index contributed by atoms with van der Waals surface area (Å²) in [5.74, 6) is 0.840. The Morgan fingerprint density at radius 3 is 1.46 bits per heavy atom. The predicted octanol–water partition coefficient (Wildman–Crippen LogP) is 4.44. The Kier molecular flexibility index (Phi) is 5.36. The second-order valence-corrected chi connectivity index (χ2v) is 5.31. The standard InChI is InChI=1S/C19H14BF3O3/c21-19(22,23)24-16-13-11-15(12-14-16)20(25-17-7-3-1-4-8-17)26-18-9-5-2-6-10-18/h1-14H. The lowest BCUT2D eigenvalue weighted by atomic mass is 9.78. The first kappa shape index (κ1) is 17.7. The summed E-state index contributed by atoms with van der Waals surface area (Å²) in [4.78, 5) is 0. The van der Waals surface area contributed by atoms with Crippen LogP contribution in [0.2, 0.25) is 0 Å². The van der Waals surface area contributed by atoms with Crippen LogP contribution in [0.25, 0.3) is 0 Å². The van der Waals surface area contributed by atoms with Crippen molar-refractivity contribution in [2.75, 3.05) is 0 Å². The molecule has 0 aliphatic carbocycles. The topological polar surface area (TPSA) is 27.7 Å². The Hall–Kier alpha value is -3.09. The van der Waals surface area contributed by atoms with Gasteiger partial charge in [-0.1, -0.05) is 48.5 Å². The molecular weight excluding hydrogens is 344 g/mol. The molecule has 7 heteroatoms. The van der Waals surface area contributed by atoms with E-state index in [2.05, 4.69) is 4.74 Å². The molecule has 3 aromatic rings. The maximum atomic E-state index is 12.3. The van der Waals surface area contributed by atoms with Crippen molar-refractivity contribution in [2.24, 2.45) is 0 Å². The van der Waals surface area contributed by atoms with Crippen molar-refractivity contribution in [3.05, 3.63) is 84.9 Å². The average Bonchev–Trinajstić information content (AvgIpc) is 2.62. The van der Waals surface area contributed by atoms with Gasteiger partial charge in [-0.25, -0.2) is 0 Å². The third-order valence-electron chi connectivity index (χ3n) is 3.36. The Morgan fingerprint density at radius 1 is 0.577 bits per heavy atom. The summed E-state index contributed by atoms with van der Waals surface area (Å²) in [6.07, 6.45) is -4.73. The zero-order valence-corrected chi connectivity index (χ0v) is 13.5. The third-order valence-corrected chi connectivity index (χ3v) is 3.36. The molecule has 0 N–H and O–H groups in total. The average molecular weight is 358 g/mol. The van der Waals surface area contributed by atoms with Gasteiger partial charge in [0.2, 0.25) is 0 Å². The molecule has 0 atom stereocenters. The van der Waals surface area contributed by atoms with Gasteiger partial charge in [-0.05, 0) is 36.4 Å². The van der Waals surface area contributed by atoms with Crippen LogP contribution in [0.1, 0.15) is 0 Å². The molecule has 26 heavy (non-hydrogen) atoms. The first-order chi connectivity index (χ1) is 12.5. The van der Waals surface area contributed by atoms with E-state index < -0.39 is 13.5 Å². The lowest BCUT2D eigenvalue weighted by molar-refractivity contribution is -0.274. The first-order valence-electron chi connectivity index (χ1n) is 7.79. The van der Waals surface area contributed by atoms with Gasteiger partial charge < -0.3 is 14.0 Å². The van der Waals surface area contributed by atoms with Crippen molar-refractivity contribution in [2.45, 2.75) is 6.36 Å². The molecule has 0 aliphatic rings. The molecule has 0 amide bonds. The normalized spacial score (nSPS) is 10.9. The molecule has 0 unspecified atom stereocenters. The molecule has 0 bridgehead atoms. The molecule has 3 aromatic carbocycles. The van der Waals surface area contributed by atoms with E-state index in [1.807, 2.05) is 36.4 Å². The maximum absolute atomic E-state index is 12.3. The van der Waals surface area contributed by atoms with Crippen LogP contribution in [0, 0.1) is 0 Å². The van der Waals surface area contributed by atoms with Crippen molar-refractivity contribution in [1.29, 1.82) is 0 Å². The predicted molar refractivity (Wildman–Crippen MR) is 92.7 cm³/mol. The van der Waals surface area contributed by atoms with Gasteiger partial charge >= 0.3 is 13.5 Å². The van der Waals surface area contributed by atoms with Gasteiger partial charge in [0.15, 0.2) is 0 Å². The zero-order valence-electron chi connectivity index (χ0n) is 13.5. The van der Waals surface area contributed by atoms with E-state index >= 15 is 0 Å². The van der Waals surface area contributed by atoms with Gasteiger partial charge in [0.05, 0.1) is 0 Å². The minimum atomic E-state index is -4.73. The lowest BCUT2D eigenvalue weighted by Crippen LogP contribution is -2.42. The highest BCUT2D eigenvalue weighted by molar-refractivity contribution is 6.62. The molecule has 3 nitrogen and oxygen atoms in total. The largest absolute Gasteiger partial charge is 0.632 e. The summed E-state index contributed by atoms with van der Waals surface area (Å²) in [7, 11) is -0.834. The van der Waals surface area contributed by atoms with Crippen LogP contribution in [-0.4, -0.2) is 13.5 Å². The molecule has 0 spiro atoms. The minimum Gasteiger partial charge on any atom is -0.522 e. The van der Waals surface area contributed by atoms with E-state index in [4.69, 9.17) is 9.31 Å². The number of ether oxygens (including phenoxy) is 1. The highest BCUT2D eigenvalue weighted by atomic mass is 19.4. The Bertz CT molecular complexity index is 767. The lowest BCUT2D eigenvalue weighted by Gasteiger charge is -2.17. The highest BCUT2D eigenvalue weighted by Crippen LogP contribution is 2.22. The molecule has 0 heterocycles. The Labute approximate surface area is 149 Å². The van der Waals surface area contributed by atoms with Crippen LogP contribution in [0.15, 0.2) is 84.9 Å². The van der Waals surface area contributed by atoms with Crippen molar-refractivity contribution < 1.29 is 27.2 Å². The van der Waals surface area contributed by atoms with Crippen molar-refractivity contribution in [1.82, 2.24) is 0 Å². The van der Waals surface area contributed by atoms with Gasteiger partial charge in [-0.2, -0.15) is 0 Å². The molecule has 0 saturated carbocycles. The second kappa shape index (κ2) is 7.86. The van der Waals surface area contributed by atoms with Gasteiger partial charge in [-0.3, -0.25) is 0 Å². The van der Waals surface area contributed by atoms with Gasteiger partial charge in [-0.15, -0.1) is 13.2 Å². The van der Waals surface area contributed by atoms with Crippen LogP contribution in [0.5, 0.6) is 17.2 Å². The van der Waals surface area contributed by atoms with Crippen LogP contribution in [0.3, 0.4) is 0 Å². The first-order valence-corrected chi connectivity index (χ1v) is 7.79. The SMILES string of the molecule is FC(F)(F)Oc1ccc(B(Oc2ccccc2)Oc2ccccc2)cc1. The fourth-order valence-corrected chi connectivity index (χ4v) is 2.23. The molecule has 0 aliphatic heterocycles. The van der Waals surface area contributed by atoms with Gasteiger partial charge in [0, 0.05) is 5.46 Å².